The summed E-state index contributed by atoms with van der Waals surface area (Å²) in [6, 6.07) is 20.5. The van der Waals surface area contributed by atoms with Gasteiger partial charge in [0.2, 0.25) is 21.8 Å². The summed E-state index contributed by atoms with van der Waals surface area (Å²) in [7, 11) is -2.33. The van der Waals surface area contributed by atoms with E-state index in [1.807, 2.05) is 57.2 Å². The Balaban J connectivity index is 2.08. The number of methoxy groups -OCH3 is 1. The molecule has 3 rings (SSSR count). The largest absolute Gasteiger partial charge is 0.497 e. The normalized spacial score (nSPS) is 12.7. The van der Waals surface area contributed by atoms with Gasteiger partial charge in [-0.1, -0.05) is 67.1 Å². The molecule has 0 fully saturated rings. The first-order valence-electron chi connectivity index (χ1n) is 13.4. The van der Waals surface area contributed by atoms with Crippen LogP contribution in [0, 0.1) is 6.92 Å². The molecular formula is C31H38ClN3O5S. The van der Waals surface area contributed by atoms with E-state index in [0.717, 1.165) is 27.3 Å². The van der Waals surface area contributed by atoms with Gasteiger partial charge in [0, 0.05) is 24.0 Å². The van der Waals surface area contributed by atoms with Crippen LogP contribution >= 0.6 is 11.6 Å². The fourth-order valence-corrected chi connectivity index (χ4v) is 5.33. The lowest BCUT2D eigenvalue weighted by atomic mass is 10.0. The van der Waals surface area contributed by atoms with E-state index in [1.165, 1.54) is 11.0 Å². The van der Waals surface area contributed by atoms with Crippen LogP contribution < -0.4 is 14.4 Å². The average Bonchev–Trinajstić information content (AvgIpc) is 2.94. The van der Waals surface area contributed by atoms with E-state index in [2.05, 4.69) is 5.32 Å². The molecule has 0 radical (unpaired) electrons. The molecule has 41 heavy (non-hydrogen) atoms. The number of ether oxygens (including phenoxy) is 1. The number of hydrogen-bond acceptors (Lipinski definition) is 5. The molecule has 220 valence electrons. The van der Waals surface area contributed by atoms with Gasteiger partial charge in [-0.2, -0.15) is 0 Å². The van der Waals surface area contributed by atoms with E-state index in [4.69, 9.17) is 16.3 Å². The lowest BCUT2D eigenvalue weighted by Crippen LogP contribution is -2.54. The van der Waals surface area contributed by atoms with Gasteiger partial charge < -0.3 is 15.0 Å². The van der Waals surface area contributed by atoms with Crippen LogP contribution in [-0.2, 0) is 32.6 Å². The molecule has 0 saturated carbocycles. The molecule has 0 aliphatic heterocycles. The molecule has 0 saturated heterocycles. The second-order valence-corrected chi connectivity index (χ2v) is 12.4. The van der Waals surface area contributed by atoms with Crippen molar-refractivity contribution in [3.63, 3.8) is 0 Å². The summed E-state index contributed by atoms with van der Waals surface area (Å²) in [6.07, 6.45) is 2.00. The first kappa shape index (κ1) is 32.0. The predicted molar refractivity (Wildman–Crippen MR) is 164 cm³/mol. The Morgan fingerprint density at radius 3 is 2.29 bits per heavy atom. The molecule has 0 bridgehead atoms. The van der Waals surface area contributed by atoms with Gasteiger partial charge in [-0.25, -0.2) is 8.42 Å². The lowest BCUT2D eigenvalue weighted by molar-refractivity contribution is -0.140. The molecule has 0 unspecified atom stereocenters. The first-order valence-corrected chi connectivity index (χ1v) is 15.7. The standard InChI is InChI=1S/C31H38ClN3O5S/c1-6-23(3)33-31(37)29(18-24-11-8-7-9-12-24)34(20-25-13-10-14-27(17-25)40-4)30(36)21-35(41(5,38)39)26-16-15-22(2)28(32)19-26/h7-17,19,23,29H,6,18,20-21H2,1-5H3,(H,33,37)/t23-,29-/m1/s1. The molecule has 8 nitrogen and oxygen atoms in total. The van der Waals surface area contributed by atoms with Gasteiger partial charge in [0.1, 0.15) is 18.3 Å². The van der Waals surface area contributed by atoms with Crippen molar-refractivity contribution in [3.05, 3.63) is 94.5 Å². The van der Waals surface area contributed by atoms with E-state index >= 15 is 0 Å². The fraction of sp³-hybridized carbons (Fsp3) is 0.355. The van der Waals surface area contributed by atoms with Crippen molar-refractivity contribution < 1.29 is 22.7 Å². The lowest BCUT2D eigenvalue weighted by Gasteiger charge is -2.34. The van der Waals surface area contributed by atoms with Crippen molar-refractivity contribution in [2.45, 2.75) is 52.2 Å². The predicted octanol–water partition coefficient (Wildman–Crippen LogP) is 4.98. The number of carbonyl (C=O) groups excluding carboxylic acids is 2. The number of benzene rings is 3. The van der Waals surface area contributed by atoms with Crippen LogP contribution in [-0.4, -0.2) is 57.1 Å². The van der Waals surface area contributed by atoms with E-state index in [1.54, 1.807) is 37.4 Å². The Morgan fingerprint density at radius 2 is 1.68 bits per heavy atom. The van der Waals surface area contributed by atoms with Crippen molar-refractivity contribution in [3.8, 4) is 5.75 Å². The van der Waals surface area contributed by atoms with Crippen LogP contribution in [0.2, 0.25) is 5.02 Å². The number of sulfonamides is 1. The summed E-state index contributed by atoms with van der Waals surface area (Å²) in [5, 5.41) is 3.40. The maximum Gasteiger partial charge on any atom is 0.244 e. The Labute approximate surface area is 248 Å². The van der Waals surface area contributed by atoms with Crippen LogP contribution in [0.3, 0.4) is 0 Å². The van der Waals surface area contributed by atoms with Gasteiger partial charge in [0.15, 0.2) is 0 Å². The molecule has 2 atom stereocenters. The number of hydrogen-bond donors (Lipinski definition) is 1. The third-order valence-corrected chi connectivity index (χ3v) is 8.43. The number of carbonyl (C=O) groups is 2. The van der Waals surface area contributed by atoms with E-state index in [0.29, 0.717) is 17.2 Å². The quantitative estimate of drug-likeness (QED) is 0.299. The van der Waals surface area contributed by atoms with Crippen LogP contribution in [0.1, 0.15) is 37.0 Å². The van der Waals surface area contributed by atoms with Crippen molar-refractivity contribution in [2.24, 2.45) is 0 Å². The Kier molecular flexibility index (Phi) is 11.2. The summed E-state index contributed by atoms with van der Waals surface area (Å²) >= 11 is 6.31. The smallest absolute Gasteiger partial charge is 0.244 e. The molecule has 0 heterocycles. The number of aryl methyl sites for hydroxylation is 1. The van der Waals surface area contributed by atoms with E-state index in [-0.39, 0.29) is 30.6 Å². The van der Waals surface area contributed by atoms with Crippen LogP contribution in [0.25, 0.3) is 0 Å². The molecule has 0 aromatic heterocycles. The number of halogens is 1. The monoisotopic (exact) mass is 599 g/mol. The molecule has 3 aromatic rings. The highest BCUT2D eigenvalue weighted by Crippen LogP contribution is 2.26. The summed E-state index contributed by atoms with van der Waals surface area (Å²) < 4.78 is 32.2. The van der Waals surface area contributed by atoms with Crippen molar-refractivity contribution in [1.29, 1.82) is 0 Å². The van der Waals surface area contributed by atoms with Gasteiger partial charge in [0.05, 0.1) is 19.1 Å². The minimum absolute atomic E-state index is 0.0632. The maximum atomic E-state index is 14.2. The Bertz CT molecular complexity index is 1450. The highest BCUT2D eigenvalue weighted by Gasteiger charge is 2.33. The second kappa shape index (κ2) is 14.4. The average molecular weight is 600 g/mol. The first-order chi connectivity index (χ1) is 19.4. The molecule has 0 spiro atoms. The summed E-state index contributed by atoms with van der Waals surface area (Å²) in [4.78, 5) is 29.3. The highest BCUT2D eigenvalue weighted by atomic mass is 35.5. The summed E-state index contributed by atoms with van der Waals surface area (Å²) in [6.45, 7) is 5.23. The van der Waals surface area contributed by atoms with E-state index in [9.17, 15) is 18.0 Å². The number of amides is 2. The molecule has 0 aliphatic rings. The van der Waals surface area contributed by atoms with Crippen LogP contribution in [0.4, 0.5) is 5.69 Å². The van der Waals surface area contributed by atoms with Crippen LogP contribution in [0.15, 0.2) is 72.8 Å². The van der Waals surface area contributed by atoms with Crippen molar-refractivity contribution in [2.75, 3.05) is 24.2 Å². The number of rotatable bonds is 13. The zero-order valence-electron chi connectivity index (χ0n) is 24.1. The zero-order valence-corrected chi connectivity index (χ0v) is 25.7. The summed E-state index contributed by atoms with van der Waals surface area (Å²) in [5.74, 6) is -0.246. The highest BCUT2D eigenvalue weighted by molar-refractivity contribution is 7.92. The third kappa shape index (κ3) is 8.96. The maximum absolute atomic E-state index is 14.2. The molecule has 10 heteroatoms. The second-order valence-electron chi connectivity index (χ2n) is 10.1. The van der Waals surface area contributed by atoms with Gasteiger partial charge in [0.25, 0.3) is 0 Å². The molecule has 0 aliphatic carbocycles. The fourth-order valence-electron chi connectivity index (χ4n) is 4.31. The summed E-state index contributed by atoms with van der Waals surface area (Å²) in [5.41, 5.74) is 2.64. The molecular weight excluding hydrogens is 562 g/mol. The Hall–Kier alpha value is -3.56. The van der Waals surface area contributed by atoms with Gasteiger partial charge >= 0.3 is 0 Å². The topological polar surface area (TPSA) is 96.0 Å². The minimum Gasteiger partial charge on any atom is -0.497 e. The zero-order chi connectivity index (χ0) is 30.2. The molecule has 1 N–H and O–H groups in total. The van der Waals surface area contributed by atoms with Gasteiger partial charge in [-0.05, 0) is 61.2 Å². The number of anilines is 1. The number of nitrogens with one attached hydrogen (secondary N) is 1. The van der Waals surface area contributed by atoms with Crippen LogP contribution in [0.5, 0.6) is 5.75 Å². The molecule has 2 amide bonds. The third-order valence-electron chi connectivity index (χ3n) is 6.88. The SMILES string of the molecule is CC[C@@H](C)NC(=O)[C@@H](Cc1ccccc1)N(Cc1cccc(OC)c1)C(=O)CN(c1ccc(C)c(Cl)c1)S(C)(=O)=O. The van der Waals surface area contributed by atoms with Crippen molar-refractivity contribution >= 4 is 39.1 Å². The van der Waals surface area contributed by atoms with Crippen molar-refractivity contribution in [1.82, 2.24) is 10.2 Å². The number of nitrogens with zero attached hydrogens (tertiary/aromatic N) is 2. The van der Waals surface area contributed by atoms with Gasteiger partial charge in [-0.15, -0.1) is 0 Å². The van der Waals surface area contributed by atoms with E-state index < -0.39 is 28.5 Å². The Morgan fingerprint density at radius 1 is 1.00 bits per heavy atom. The van der Waals surface area contributed by atoms with Gasteiger partial charge in [-0.3, -0.25) is 13.9 Å². The molecule has 3 aromatic carbocycles. The minimum atomic E-state index is -3.88.